The fourth-order valence-electron chi connectivity index (χ4n) is 1.91. The zero-order chi connectivity index (χ0) is 12.5. The third-order valence-electron chi connectivity index (χ3n) is 2.95. The first-order valence-corrected chi connectivity index (χ1v) is 7.19. The molecule has 1 saturated heterocycles. The first kappa shape index (κ1) is 12.4. The highest BCUT2D eigenvalue weighted by molar-refractivity contribution is 7.89. The van der Waals surface area contributed by atoms with Crippen LogP contribution >= 0.6 is 0 Å². The van der Waals surface area contributed by atoms with Gasteiger partial charge < -0.3 is 4.74 Å². The predicted molar refractivity (Wildman–Crippen MR) is 65.6 cm³/mol. The van der Waals surface area contributed by atoms with Crippen molar-refractivity contribution < 1.29 is 13.2 Å². The van der Waals surface area contributed by atoms with Gasteiger partial charge in [0, 0.05) is 12.6 Å². The van der Waals surface area contributed by atoms with Gasteiger partial charge in [-0.1, -0.05) is 13.3 Å². The maximum atomic E-state index is 12.2. The Kier molecular flexibility index (Phi) is 3.40. The van der Waals surface area contributed by atoms with Crippen molar-refractivity contribution in [2.45, 2.75) is 30.7 Å². The van der Waals surface area contributed by atoms with Crippen molar-refractivity contribution in [1.82, 2.24) is 4.31 Å². The fourth-order valence-corrected chi connectivity index (χ4v) is 3.52. The molecule has 0 radical (unpaired) electrons. The lowest BCUT2D eigenvalue weighted by molar-refractivity contribution is 0.414. The number of ether oxygens (including phenoxy) is 1. The van der Waals surface area contributed by atoms with Gasteiger partial charge >= 0.3 is 0 Å². The molecule has 94 valence electrons. The van der Waals surface area contributed by atoms with E-state index in [1.165, 1.54) is 0 Å². The average Bonchev–Trinajstić information content (AvgIpc) is 3.10. The Labute approximate surface area is 102 Å². The fraction of sp³-hybridized carbons (Fsp3) is 0.500. The molecule has 1 heterocycles. The van der Waals surface area contributed by atoms with E-state index < -0.39 is 10.0 Å². The van der Waals surface area contributed by atoms with E-state index in [1.54, 1.807) is 35.7 Å². The molecular formula is C12H17NO3S. The van der Waals surface area contributed by atoms with Gasteiger partial charge in [0.05, 0.1) is 12.0 Å². The smallest absolute Gasteiger partial charge is 0.243 e. The number of hydrogen-bond donors (Lipinski definition) is 0. The summed E-state index contributed by atoms with van der Waals surface area (Å²) in [6, 6.07) is 6.73. The molecule has 0 aliphatic carbocycles. The normalized spacial score (nSPS) is 23.4. The minimum Gasteiger partial charge on any atom is -0.497 e. The van der Waals surface area contributed by atoms with Crippen LogP contribution in [0.3, 0.4) is 0 Å². The first-order valence-electron chi connectivity index (χ1n) is 5.75. The molecule has 0 N–H and O–H groups in total. The molecule has 0 spiro atoms. The molecule has 0 bridgehead atoms. The Morgan fingerprint density at radius 3 is 2.53 bits per heavy atom. The van der Waals surface area contributed by atoms with Crippen LogP contribution in [0.25, 0.3) is 0 Å². The second-order valence-corrected chi connectivity index (χ2v) is 6.08. The Morgan fingerprint density at radius 2 is 2.00 bits per heavy atom. The molecule has 0 amide bonds. The molecule has 1 fully saturated rings. The summed E-state index contributed by atoms with van der Waals surface area (Å²) in [5.41, 5.74) is 0. The minimum atomic E-state index is -3.28. The van der Waals surface area contributed by atoms with E-state index in [0.29, 0.717) is 17.2 Å². The van der Waals surface area contributed by atoms with Crippen LogP contribution in [0.1, 0.15) is 19.8 Å². The van der Waals surface area contributed by atoms with Crippen LogP contribution in [0, 0.1) is 0 Å². The second-order valence-electron chi connectivity index (χ2n) is 4.19. The maximum absolute atomic E-state index is 12.2. The van der Waals surface area contributed by atoms with E-state index in [-0.39, 0.29) is 6.04 Å². The minimum absolute atomic E-state index is 0.201. The molecule has 2 atom stereocenters. The van der Waals surface area contributed by atoms with Crippen molar-refractivity contribution in [2.24, 2.45) is 0 Å². The summed E-state index contributed by atoms with van der Waals surface area (Å²) in [5.74, 6) is 0.667. The highest BCUT2D eigenvalue weighted by atomic mass is 32.2. The predicted octanol–water partition coefficient (Wildman–Crippen LogP) is 1.87. The Hall–Kier alpha value is -1.07. The van der Waals surface area contributed by atoms with Crippen molar-refractivity contribution in [3.63, 3.8) is 0 Å². The second kappa shape index (κ2) is 4.66. The van der Waals surface area contributed by atoms with Crippen molar-refractivity contribution in [3.05, 3.63) is 24.3 Å². The van der Waals surface area contributed by atoms with E-state index >= 15 is 0 Å². The Bertz CT molecular complexity index is 481. The number of sulfonamides is 1. The van der Waals surface area contributed by atoms with Crippen LogP contribution in [0.2, 0.25) is 0 Å². The van der Waals surface area contributed by atoms with Gasteiger partial charge in [-0.05, 0) is 30.7 Å². The van der Waals surface area contributed by atoms with Gasteiger partial charge in [-0.15, -0.1) is 0 Å². The van der Waals surface area contributed by atoms with Gasteiger partial charge in [-0.2, -0.15) is 4.31 Å². The molecule has 0 saturated carbocycles. The van der Waals surface area contributed by atoms with Crippen molar-refractivity contribution >= 4 is 10.0 Å². The highest BCUT2D eigenvalue weighted by Gasteiger charge is 2.43. The summed E-state index contributed by atoms with van der Waals surface area (Å²) in [7, 11) is -1.72. The summed E-state index contributed by atoms with van der Waals surface area (Å²) in [6.07, 6.45) is 1.95. The number of hydrogen-bond acceptors (Lipinski definition) is 3. The van der Waals surface area contributed by atoms with E-state index in [4.69, 9.17) is 4.74 Å². The number of benzene rings is 1. The number of rotatable bonds is 5. The van der Waals surface area contributed by atoms with E-state index in [0.717, 1.165) is 12.8 Å². The Morgan fingerprint density at radius 1 is 1.35 bits per heavy atom. The van der Waals surface area contributed by atoms with Crippen LogP contribution in [0.5, 0.6) is 5.75 Å². The zero-order valence-corrected chi connectivity index (χ0v) is 10.9. The molecular weight excluding hydrogens is 238 g/mol. The van der Waals surface area contributed by atoms with Gasteiger partial charge in [-0.25, -0.2) is 8.42 Å². The number of methoxy groups -OCH3 is 1. The standard InChI is InChI=1S/C12H17NO3S/c1-3-4-10-9-13(10)17(14,15)12-7-5-11(16-2)6-8-12/h5-8,10H,3-4,9H2,1-2H3/t10-,13?/m1/s1. The lowest BCUT2D eigenvalue weighted by Gasteiger charge is -2.06. The zero-order valence-electron chi connectivity index (χ0n) is 10.1. The topological polar surface area (TPSA) is 46.4 Å². The van der Waals surface area contributed by atoms with E-state index in [2.05, 4.69) is 6.92 Å². The molecule has 17 heavy (non-hydrogen) atoms. The van der Waals surface area contributed by atoms with Crippen LogP contribution < -0.4 is 4.74 Å². The summed E-state index contributed by atoms with van der Waals surface area (Å²) in [5, 5.41) is 0. The summed E-state index contributed by atoms with van der Waals surface area (Å²) >= 11 is 0. The van der Waals surface area contributed by atoms with Crippen LogP contribution in [-0.2, 0) is 10.0 Å². The third-order valence-corrected chi connectivity index (χ3v) is 4.88. The number of nitrogens with zero attached hydrogens (tertiary/aromatic N) is 1. The summed E-state index contributed by atoms with van der Waals surface area (Å²) in [4.78, 5) is 0.344. The average molecular weight is 255 g/mol. The summed E-state index contributed by atoms with van der Waals surface area (Å²) < 4.78 is 30.9. The van der Waals surface area contributed by atoms with Gasteiger partial charge in [0.15, 0.2) is 0 Å². The quantitative estimate of drug-likeness (QED) is 0.755. The third kappa shape index (κ3) is 2.45. The van der Waals surface area contributed by atoms with E-state index in [1.807, 2.05) is 0 Å². The molecule has 5 heteroatoms. The Balaban J connectivity index is 2.15. The monoisotopic (exact) mass is 255 g/mol. The van der Waals surface area contributed by atoms with Crippen LogP contribution in [0.15, 0.2) is 29.2 Å². The first-order chi connectivity index (χ1) is 8.09. The van der Waals surface area contributed by atoms with E-state index in [9.17, 15) is 8.42 Å². The molecule has 1 aliphatic rings. The molecule has 4 nitrogen and oxygen atoms in total. The van der Waals surface area contributed by atoms with Crippen molar-refractivity contribution in [2.75, 3.05) is 13.7 Å². The van der Waals surface area contributed by atoms with Crippen molar-refractivity contribution in [3.8, 4) is 5.75 Å². The maximum Gasteiger partial charge on any atom is 0.243 e. The molecule has 0 aromatic heterocycles. The summed E-state index contributed by atoms with van der Waals surface area (Å²) in [6.45, 7) is 2.72. The largest absolute Gasteiger partial charge is 0.497 e. The highest BCUT2D eigenvalue weighted by Crippen LogP contribution is 2.31. The molecule has 1 aromatic carbocycles. The van der Waals surface area contributed by atoms with Gasteiger partial charge in [-0.3, -0.25) is 0 Å². The lowest BCUT2D eigenvalue weighted by atomic mass is 10.3. The van der Waals surface area contributed by atoms with Gasteiger partial charge in [0.25, 0.3) is 0 Å². The van der Waals surface area contributed by atoms with Crippen LogP contribution in [-0.4, -0.2) is 32.4 Å². The lowest BCUT2D eigenvalue weighted by Crippen LogP contribution is -2.14. The molecule has 1 unspecified atom stereocenters. The molecule has 1 aromatic rings. The van der Waals surface area contributed by atoms with Crippen LogP contribution in [0.4, 0.5) is 0 Å². The van der Waals surface area contributed by atoms with Gasteiger partial charge in [0.2, 0.25) is 10.0 Å². The van der Waals surface area contributed by atoms with Crippen molar-refractivity contribution in [1.29, 1.82) is 0 Å². The molecule has 1 aliphatic heterocycles. The van der Waals surface area contributed by atoms with Gasteiger partial charge in [0.1, 0.15) is 5.75 Å². The SMILES string of the molecule is CCC[C@@H]1CN1S(=O)(=O)c1ccc(OC)cc1. The molecule has 2 rings (SSSR count).